The number of rotatable bonds is 5. The third-order valence-electron chi connectivity index (χ3n) is 1.80. The van der Waals surface area contributed by atoms with Crippen LogP contribution < -0.4 is 4.74 Å². The highest BCUT2D eigenvalue weighted by molar-refractivity contribution is 5.23. The molecule has 0 fully saturated rings. The van der Waals surface area contributed by atoms with Gasteiger partial charge in [-0.1, -0.05) is 19.8 Å². The van der Waals surface area contributed by atoms with E-state index in [0.29, 0.717) is 12.4 Å². The fourth-order valence-electron chi connectivity index (χ4n) is 1.04. The Bertz CT molecular complexity index is 287. The molecule has 1 rings (SSSR count). The van der Waals surface area contributed by atoms with Crippen LogP contribution in [-0.4, -0.2) is 6.61 Å². The molecule has 1 radical (unpaired) electrons. The topological polar surface area (TPSA) is 9.23 Å². The summed E-state index contributed by atoms with van der Waals surface area (Å²) in [5.74, 6) is -1.36. The zero-order valence-electron chi connectivity index (χ0n) is 7.93. The normalized spacial score (nSPS) is 10.2. The number of hydrogen-bond acceptors (Lipinski definition) is 1. The molecule has 1 nitrogen and oxygen atoms in total. The quantitative estimate of drug-likeness (QED) is 0.661. The second-order valence-electron chi connectivity index (χ2n) is 2.99. The van der Waals surface area contributed by atoms with Gasteiger partial charge in [-0.25, -0.2) is 8.78 Å². The van der Waals surface area contributed by atoms with E-state index in [1.54, 1.807) is 0 Å². The summed E-state index contributed by atoms with van der Waals surface area (Å²) in [5, 5.41) is 0. The molecule has 0 aromatic heterocycles. The number of hydrogen-bond donors (Lipinski definition) is 0. The molecule has 77 valence electrons. The zero-order chi connectivity index (χ0) is 10.4. The lowest BCUT2D eigenvalue weighted by atomic mass is 10.3. The first-order valence-corrected chi connectivity index (χ1v) is 4.61. The van der Waals surface area contributed by atoms with Crippen LogP contribution in [0.15, 0.2) is 18.2 Å². The van der Waals surface area contributed by atoms with E-state index in [9.17, 15) is 8.78 Å². The van der Waals surface area contributed by atoms with Gasteiger partial charge in [-0.05, 0) is 18.6 Å². The molecule has 0 aliphatic carbocycles. The Labute approximate surface area is 82.7 Å². The predicted molar refractivity (Wildman–Crippen MR) is 51.1 cm³/mol. The highest BCUT2D eigenvalue weighted by Gasteiger charge is 2.02. The van der Waals surface area contributed by atoms with E-state index >= 15 is 0 Å². The van der Waals surface area contributed by atoms with Crippen molar-refractivity contribution in [3.63, 3.8) is 0 Å². The van der Waals surface area contributed by atoms with Crippen LogP contribution in [0.2, 0.25) is 0 Å². The molecule has 0 atom stereocenters. The maximum atomic E-state index is 12.7. The van der Waals surface area contributed by atoms with E-state index in [4.69, 9.17) is 4.74 Å². The molecule has 0 saturated heterocycles. The van der Waals surface area contributed by atoms with Gasteiger partial charge < -0.3 is 4.74 Å². The second kappa shape index (κ2) is 5.58. The average molecular weight is 199 g/mol. The highest BCUT2D eigenvalue weighted by Crippen LogP contribution is 2.15. The van der Waals surface area contributed by atoms with Gasteiger partial charge in [0.2, 0.25) is 0 Å². The number of halogens is 2. The van der Waals surface area contributed by atoms with Crippen molar-refractivity contribution in [2.45, 2.75) is 19.3 Å². The molecule has 1 aromatic carbocycles. The predicted octanol–water partition coefficient (Wildman–Crippen LogP) is 3.35. The summed E-state index contributed by atoms with van der Waals surface area (Å²) in [6.45, 7) is 4.21. The Balaban J connectivity index is 2.39. The van der Waals surface area contributed by atoms with Gasteiger partial charge >= 0.3 is 0 Å². The van der Waals surface area contributed by atoms with Crippen molar-refractivity contribution in [3.05, 3.63) is 36.8 Å². The fraction of sp³-hybridized carbons (Fsp3) is 0.364. The maximum Gasteiger partial charge on any atom is 0.162 e. The van der Waals surface area contributed by atoms with Crippen LogP contribution in [0, 0.1) is 18.6 Å². The van der Waals surface area contributed by atoms with Crippen molar-refractivity contribution in [2.75, 3.05) is 6.61 Å². The van der Waals surface area contributed by atoms with E-state index in [1.165, 1.54) is 6.07 Å². The first-order chi connectivity index (χ1) is 6.74. The monoisotopic (exact) mass is 199 g/mol. The van der Waals surface area contributed by atoms with Crippen LogP contribution in [0.4, 0.5) is 8.78 Å². The smallest absolute Gasteiger partial charge is 0.162 e. The molecular formula is C11H13F2O. The van der Waals surface area contributed by atoms with Gasteiger partial charge in [-0.3, -0.25) is 0 Å². The van der Waals surface area contributed by atoms with E-state index < -0.39 is 11.6 Å². The molecule has 0 aliphatic rings. The van der Waals surface area contributed by atoms with E-state index in [-0.39, 0.29) is 0 Å². The van der Waals surface area contributed by atoms with Gasteiger partial charge in [-0.2, -0.15) is 0 Å². The van der Waals surface area contributed by atoms with Crippen LogP contribution in [0.5, 0.6) is 5.75 Å². The van der Waals surface area contributed by atoms with Crippen molar-refractivity contribution in [1.82, 2.24) is 0 Å². The molecule has 0 saturated carbocycles. The lowest BCUT2D eigenvalue weighted by molar-refractivity contribution is 0.304. The minimum atomic E-state index is -0.875. The van der Waals surface area contributed by atoms with Crippen molar-refractivity contribution >= 4 is 0 Å². The Morgan fingerprint density at radius 1 is 1.14 bits per heavy atom. The summed E-state index contributed by atoms with van der Waals surface area (Å²) >= 11 is 0. The van der Waals surface area contributed by atoms with Gasteiger partial charge in [0, 0.05) is 6.07 Å². The molecule has 0 heterocycles. The summed E-state index contributed by atoms with van der Waals surface area (Å²) in [7, 11) is 0. The summed E-state index contributed by atoms with van der Waals surface area (Å²) in [6.07, 6.45) is 2.72. The molecule has 14 heavy (non-hydrogen) atoms. The van der Waals surface area contributed by atoms with Crippen molar-refractivity contribution < 1.29 is 13.5 Å². The van der Waals surface area contributed by atoms with Crippen LogP contribution in [0.25, 0.3) is 0 Å². The van der Waals surface area contributed by atoms with Gasteiger partial charge in [-0.15, -0.1) is 0 Å². The Morgan fingerprint density at radius 3 is 2.57 bits per heavy atom. The fourth-order valence-corrected chi connectivity index (χ4v) is 1.04. The molecule has 0 bridgehead atoms. The van der Waals surface area contributed by atoms with E-state index in [0.717, 1.165) is 31.4 Å². The van der Waals surface area contributed by atoms with Gasteiger partial charge in [0.05, 0.1) is 6.61 Å². The standard InChI is InChI=1S/C11H13F2O/c1-2-3-4-7-14-9-5-6-10(12)11(13)8-9/h5-6,8H,1-4,7H2. The molecule has 0 N–H and O–H groups in total. The lowest BCUT2D eigenvalue weighted by Gasteiger charge is -2.05. The van der Waals surface area contributed by atoms with E-state index in [1.807, 2.05) is 0 Å². The number of unbranched alkanes of at least 4 members (excludes halogenated alkanes) is 2. The van der Waals surface area contributed by atoms with E-state index in [2.05, 4.69) is 6.92 Å². The van der Waals surface area contributed by atoms with Crippen LogP contribution in [0.1, 0.15) is 19.3 Å². The molecule has 3 heteroatoms. The number of ether oxygens (including phenoxy) is 1. The minimum Gasteiger partial charge on any atom is -0.493 e. The third-order valence-corrected chi connectivity index (χ3v) is 1.80. The maximum absolute atomic E-state index is 12.7. The van der Waals surface area contributed by atoms with Crippen molar-refractivity contribution in [2.24, 2.45) is 0 Å². The summed E-state index contributed by atoms with van der Waals surface area (Å²) < 4.78 is 30.4. The first-order valence-electron chi connectivity index (χ1n) is 4.61. The Kier molecular flexibility index (Phi) is 4.36. The van der Waals surface area contributed by atoms with Crippen LogP contribution in [0.3, 0.4) is 0 Å². The SMILES string of the molecule is [CH2]CCCCOc1ccc(F)c(F)c1. The lowest BCUT2D eigenvalue weighted by Crippen LogP contribution is -1.97. The second-order valence-corrected chi connectivity index (χ2v) is 2.99. The zero-order valence-corrected chi connectivity index (χ0v) is 7.93. The average Bonchev–Trinajstić information content (AvgIpc) is 2.18. The minimum absolute atomic E-state index is 0.368. The molecule has 1 aromatic rings. The molecule has 0 amide bonds. The number of benzene rings is 1. The summed E-state index contributed by atoms with van der Waals surface area (Å²) in [4.78, 5) is 0. The molecular weight excluding hydrogens is 186 g/mol. The largest absolute Gasteiger partial charge is 0.493 e. The third kappa shape index (κ3) is 3.32. The highest BCUT2D eigenvalue weighted by atomic mass is 19.2. The first kappa shape index (κ1) is 11.0. The molecule has 0 spiro atoms. The van der Waals surface area contributed by atoms with Gasteiger partial charge in [0.1, 0.15) is 5.75 Å². The molecule has 0 unspecified atom stereocenters. The molecule has 0 aliphatic heterocycles. The van der Waals surface area contributed by atoms with Crippen LogP contribution in [-0.2, 0) is 0 Å². The Morgan fingerprint density at radius 2 is 1.93 bits per heavy atom. The van der Waals surface area contributed by atoms with Crippen molar-refractivity contribution in [1.29, 1.82) is 0 Å². The Hall–Kier alpha value is -1.12. The summed E-state index contributed by atoms with van der Waals surface area (Å²) in [6, 6.07) is 3.54. The summed E-state index contributed by atoms with van der Waals surface area (Å²) in [5.41, 5.74) is 0. The van der Waals surface area contributed by atoms with Gasteiger partial charge in [0.15, 0.2) is 11.6 Å². The van der Waals surface area contributed by atoms with Crippen molar-refractivity contribution in [3.8, 4) is 5.75 Å². The van der Waals surface area contributed by atoms with Gasteiger partial charge in [0.25, 0.3) is 0 Å². The van der Waals surface area contributed by atoms with Crippen LogP contribution >= 0.6 is 0 Å².